The monoisotopic (exact) mass is 452 g/mol. The molecule has 3 amide bonds. The zero-order valence-corrected chi connectivity index (χ0v) is 18.7. The van der Waals surface area contributed by atoms with Crippen LogP contribution in [0.15, 0.2) is 42.5 Å². The van der Waals surface area contributed by atoms with Crippen molar-refractivity contribution >= 4 is 34.4 Å². The average Bonchev–Trinajstić information content (AvgIpc) is 3.20. The summed E-state index contributed by atoms with van der Waals surface area (Å²) in [6.07, 6.45) is 1.07. The van der Waals surface area contributed by atoms with Crippen molar-refractivity contribution in [2.24, 2.45) is 0 Å². The van der Waals surface area contributed by atoms with E-state index in [1.165, 1.54) is 4.90 Å². The number of aromatic amines is 1. The largest absolute Gasteiger partial charge is 0.508 e. The fourth-order valence-corrected chi connectivity index (χ4v) is 5.31. The van der Waals surface area contributed by atoms with Gasteiger partial charge in [0.25, 0.3) is 5.91 Å². The molecule has 1 aromatic heterocycles. The minimum atomic E-state index is -1.03. The Balaban J connectivity index is 1.70. The third-order valence-corrected chi connectivity index (χ3v) is 6.86. The summed E-state index contributed by atoms with van der Waals surface area (Å²) in [5.74, 6) is -0.0786. The molecule has 0 aliphatic carbocycles. The molecule has 2 atom stereocenters. The number of benzene rings is 2. The van der Waals surface area contributed by atoms with Crippen molar-refractivity contribution in [2.75, 3.05) is 20.1 Å². The van der Waals surface area contributed by atoms with E-state index in [2.05, 4.69) is 10.3 Å². The molecule has 8 heteroatoms. The number of fused-ring (bicyclic) bond motifs is 4. The van der Waals surface area contributed by atoms with E-state index < -0.39 is 11.6 Å². The Morgan fingerprint density at radius 2 is 2.06 bits per heavy atom. The average molecular weight is 453 g/mol. The zero-order chi connectivity index (χ0) is 22.6. The second kappa shape index (κ2) is 7.53. The first-order valence-electron chi connectivity index (χ1n) is 10.7. The molecule has 7 nitrogen and oxygen atoms in total. The number of nitrogens with zero attached hydrogens (tertiary/aromatic N) is 2. The van der Waals surface area contributed by atoms with E-state index in [-0.39, 0.29) is 17.7 Å². The summed E-state index contributed by atoms with van der Waals surface area (Å²) in [6.45, 7) is 2.91. The van der Waals surface area contributed by atoms with Gasteiger partial charge in [-0.3, -0.25) is 14.6 Å². The summed E-state index contributed by atoms with van der Waals surface area (Å²) in [6, 6.07) is 11.7. The number of hydrogen-bond donors (Lipinski definition) is 3. The molecular weight excluding hydrogens is 428 g/mol. The first-order chi connectivity index (χ1) is 15.3. The molecule has 5 rings (SSSR count). The molecular formula is C24H25ClN4O3. The number of carbonyl (C=O) groups is 2. The van der Waals surface area contributed by atoms with Gasteiger partial charge in [0.1, 0.15) is 17.3 Å². The van der Waals surface area contributed by atoms with Crippen molar-refractivity contribution in [3.8, 4) is 5.75 Å². The molecule has 2 aromatic carbocycles. The molecule has 2 aliphatic heterocycles. The molecule has 1 saturated heterocycles. The highest BCUT2D eigenvalue weighted by atomic mass is 35.5. The van der Waals surface area contributed by atoms with Gasteiger partial charge >= 0.3 is 6.03 Å². The number of hydrogen-bond acceptors (Lipinski definition) is 4. The molecule has 1 fully saturated rings. The highest BCUT2D eigenvalue weighted by Gasteiger charge is 2.60. The molecule has 0 spiro atoms. The van der Waals surface area contributed by atoms with Crippen LogP contribution in [0.2, 0.25) is 5.02 Å². The Labute approximate surface area is 191 Å². The van der Waals surface area contributed by atoms with Crippen LogP contribution in [-0.4, -0.2) is 57.5 Å². The predicted octanol–water partition coefficient (Wildman–Crippen LogP) is 3.80. The van der Waals surface area contributed by atoms with Gasteiger partial charge < -0.3 is 15.4 Å². The van der Waals surface area contributed by atoms with Crippen molar-refractivity contribution in [1.82, 2.24) is 20.1 Å². The second-order valence-corrected chi connectivity index (χ2v) is 9.16. The van der Waals surface area contributed by atoms with Crippen LogP contribution in [0.4, 0.5) is 4.79 Å². The molecule has 0 bridgehead atoms. The fourth-order valence-electron chi connectivity index (χ4n) is 5.14. The normalized spacial score (nSPS) is 22.5. The number of carbonyl (C=O) groups excluding carboxylic acids is 2. The van der Waals surface area contributed by atoms with Gasteiger partial charge in [-0.1, -0.05) is 23.7 Å². The second-order valence-electron chi connectivity index (χ2n) is 8.72. The topological polar surface area (TPSA) is 88.7 Å². The lowest BCUT2D eigenvalue weighted by Gasteiger charge is -2.42. The Morgan fingerprint density at radius 1 is 1.25 bits per heavy atom. The van der Waals surface area contributed by atoms with Gasteiger partial charge in [0.2, 0.25) is 0 Å². The van der Waals surface area contributed by atoms with Gasteiger partial charge in [-0.15, -0.1) is 0 Å². The number of nitrogens with one attached hydrogen (secondary N) is 2. The summed E-state index contributed by atoms with van der Waals surface area (Å²) >= 11 is 6.29. The fraction of sp³-hybridized carbons (Fsp3) is 0.333. The number of rotatable bonds is 5. The summed E-state index contributed by atoms with van der Waals surface area (Å²) in [7, 11) is 1.85. The number of urea groups is 1. The third kappa shape index (κ3) is 2.99. The minimum absolute atomic E-state index is 0.110. The number of imide groups is 1. The van der Waals surface area contributed by atoms with E-state index in [4.69, 9.17) is 11.6 Å². The van der Waals surface area contributed by atoms with E-state index in [0.29, 0.717) is 31.0 Å². The van der Waals surface area contributed by atoms with Crippen LogP contribution in [0.25, 0.3) is 10.9 Å². The Kier molecular flexibility index (Phi) is 4.91. The quantitative estimate of drug-likeness (QED) is 0.405. The first-order valence-corrected chi connectivity index (χ1v) is 11.1. The lowest BCUT2D eigenvalue weighted by molar-refractivity contribution is -0.133. The Bertz CT molecular complexity index is 1240. The number of H-pyrrole nitrogens is 1. The SMILES string of the molecule is CNCCCN1C(=O)N2[C@H](c3cccc(O)c3)c3[nH]c4ccc(Cl)cc4c3C[C@@]2(C)C1=O. The smallest absolute Gasteiger partial charge is 0.328 e. The zero-order valence-electron chi connectivity index (χ0n) is 18.0. The van der Waals surface area contributed by atoms with E-state index in [9.17, 15) is 14.7 Å². The van der Waals surface area contributed by atoms with Crippen LogP contribution in [-0.2, 0) is 11.2 Å². The van der Waals surface area contributed by atoms with Gasteiger partial charge in [0.05, 0.1) is 0 Å². The molecule has 166 valence electrons. The summed E-state index contributed by atoms with van der Waals surface area (Å²) in [4.78, 5) is 33.7. The number of phenolic OH excluding ortho intramolecular Hbond substituents is 1. The first kappa shape index (κ1) is 20.8. The van der Waals surface area contributed by atoms with Gasteiger partial charge in [-0.25, -0.2) is 4.79 Å². The maximum atomic E-state index is 13.6. The van der Waals surface area contributed by atoms with Crippen molar-refractivity contribution < 1.29 is 14.7 Å². The highest BCUT2D eigenvalue weighted by Crippen LogP contribution is 2.49. The van der Waals surface area contributed by atoms with Gasteiger partial charge in [-0.2, -0.15) is 0 Å². The van der Waals surface area contributed by atoms with Crippen molar-refractivity contribution in [3.63, 3.8) is 0 Å². The van der Waals surface area contributed by atoms with Gasteiger partial charge in [-0.05, 0) is 68.4 Å². The molecule has 32 heavy (non-hydrogen) atoms. The highest BCUT2D eigenvalue weighted by molar-refractivity contribution is 6.31. The molecule has 3 heterocycles. The molecule has 0 unspecified atom stereocenters. The Morgan fingerprint density at radius 3 is 2.81 bits per heavy atom. The number of phenols is 1. The summed E-state index contributed by atoms with van der Waals surface area (Å²) < 4.78 is 0. The minimum Gasteiger partial charge on any atom is -0.508 e. The standard InChI is InChI=1S/C24H25ClN4O3/c1-24-13-18-17-12-15(25)7-8-19(17)27-20(18)21(14-5-3-6-16(30)11-14)29(24)23(32)28(22(24)31)10-4-9-26-2/h3,5-8,11-12,21,26-27,30H,4,9-10,13H2,1-2H3/t21-,24+/m1/s1. The van der Waals surface area contributed by atoms with E-state index >= 15 is 0 Å². The van der Waals surface area contributed by atoms with Crippen molar-refractivity contribution in [1.29, 1.82) is 0 Å². The number of aromatic hydroxyl groups is 1. The van der Waals surface area contributed by atoms with E-state index in [0.717, 1.165) is 27.7 Å². The molecule has 3 N–H and O–H groups in total. The lowest BCUT2D eigenvalue weighted by Crippen LogP contribution is -2.53. The van der Waals surface area contributed by atoms with Gasteiger partial charge in [0, 0.05) is 34.6 Å². The number of aromatic nitrogens is 1. The summed E-state index contributed by atoms with van der Waals surface area (Å²) in [5, 5.41) is 14.8. The van der Waals surface area contributed by atoms with Crippen LogP contribution in [0, 0.1) is 0 Å². The number of amides is 3. The van der Waals surface area contributed by atoms with Gasteiger partial charge in [0.15, 0.2) is 0 Å². The van der Waals surface area contributed by atoms with Crippen LogP contribution in [0.1, 0.15) is 36.2 Å². The maximum absolute atomic E-state index is 13.6. The van der Waals surface area contributed by atoms with Crippen molar-refractivity contribution in [2.45, 2.75) is 31.3 Å². The van der Waals surface area contributed by atoms with Crippen LogP contribution >= 0.6 is 11.6 Å². The van der Waals surface area contributed by atoms with Crippen LogP contribution < -0.4 is 5.32 Å². The molecule has 0 saturated carbocycles. The lowest BCUT2D eigenvalue weighted by atomic mass is 9.81. The number of halogens is 1. The maximum Gasteiger partial charge on any atom is 0.328 e. The molecule has 3 aromatic rings. The summed E-state index contributed by atoms with van der Waals surface area (Å²) in [5.41, 5.74) is 2.45. The van der Waals surface area contributed by atoms with E-state index in [1.807, 2.05) is 38.2 Å². The van der Waals surface area contributed by atoms with E-state index in [1.54, 1.807) is 23.1 Å². The molecule has 0 radical (unpaired) electrons. The molecule has 2 aliphatic rings. The third-order valence-electron chi connectivity index (χ3n) is 6.62. The predicted molar refractivity (Wildman–Crippen MR) is 123 cm³/mol. The van der Waals surface area contributed by atoms with Crippen molar-refractivity contribution in [3.05, 3.63) is 64.3 Å². The van der Waals surface area contributed by atoms with Crippen LogP contribution in [0.5, 0.6) is 5.75 Å². The Hall–Kier alpha value is -3.03. The van der Waals surface area contributed by atoms with Crippen LogP contribution in [0.3, 0.4) is 0 Å².